The molecule has 0 aliphatic carbocycles. The molecule has 2 nitrogen and oxygen atoms in total. The maximum atomic E-state index is 10.3. The normalized spacial score (nSPS) is 22.7. The molecule has 0 spiro atoms. The number of esters is 1. The van der Waals surface area contributed by atoms with E-state index < -0.39 is 0 Å². The first-order valence-corrected chi connectivity index (χ1v) is 6.06. The van der Waals surface area contributed by atoms with Crippen molar-refractivity contribution in [1.82, 2.24) is 0 Å². The molecular formula is C5H6INaO2. The Balaban J connectivity index is 0.000000291. The number of alkyl halides is 1. The van der Waals surface area contributed by atoms with Gasteiger partial charge in [0.05, 0.1) is 6.26 Å². The molecule has 1 atom stereocenters. The molecule has 0 aromatic rings. The Morgan fingerprint density at radius 1 is 1.78 bits per heavy atom. The Morgan fingerprint density at radius 2 is 2.33 bits per heavy atom. The average Bonchev–Trinajstić information content (AvgIpc) is 2.23. The van der Waals surface area contributed by atoms with Crippen molar-refractivity contribution in [2.24, 2.45) is 0 Å². The Kier molecular flexibility index (Phi) is 6.30. The van der Waals surface area contributed by atoms with Crippen LogP contribution >= 0.6 is 22.6 Å². The summed E-state index contributed by atoms with van der Waals surface area (Å²) in [6, 6.07) is 0. The predicted molar refractivity (Wildman–Crippen MR) is 44.7 cm³/mol. The quantitative estimate of drug-likeness (QED) is 0.277. The molecule has 9 heavy (non-hydrogen) atoms. The summed E-state index contributed by atoms with van der Waals surface area (Å²) in [6.45, 7) is 0. The molecule has 0 aromatic heterocycles. The van der Waals surface area contributed by atoms with E-state index in [0.717, 1.165) is 0 Å². The molecule has 0 saturated heterocycles. The Morgan fingerprint density at radius 3 is 2.44 bits per heavy atom. The summed E-state index contributed by atoms with van der Waals surface area (Å²) in [5.74, 6) is -0.166. The van der Waals surface area contributed by atoms with Crippen LogP contribution in [-0.2, 0) is 9.53 Å². The zero-order valence-electron chi connectivity index (χ0n) is 5.43. The molecule has 0 fully saturated rings. The number of carbonyl (C=O) groups excluding carboxylic acids is 1. The van der Waals surface area contributed by atoms with Gasteiger partial charge < -0.3 is 4.74 Å². The van der Waals surface area contributed by atoms with E-state index in [4.69, 9.17) is 0 Å². The van der Waals surface area contributed by atoms with Gasteiger partial charge in [-0.3, -0.25) is 4.79 Å². The first-order valence-electron chi connectivity index (χ1n) is 2.82. The first-order chi connectivity index (χ1) is 4.30. The molecule has 1 aliphatic heterocycles. The summed E-state index contributed by atoms with van der Waals surface area (Å²) in [5.41, 5.74) is 0. The first kappa shape index (κ1) is 9.94. The molecule has 0 bridgehead atoms. The summed E-state index contributed by atoms with van der Waals surface area (Å²) in [5, 5.41) is 0. The Bertz CT molecular complexity index is 124. The zero-order chi connectivity index (χ0) is 7.28. The minimum atomic E-state index is -0.166. The summed E-state index contributed by atoms with van der Waals surface area (Å²) in [6.07, 6.45) is 3.13. The van der Waals surface area contributed by atoms with Gasteiger partial charge in [0.25, 0.3) is 0 Å². The fraction of sp³-hybridized carbons (Fsp3) is 0.400. The Labute approximate surface area is 85.6 Å². The van der Waals surface area contributed by atoms with Crippen molar-refractivity contribution < 1.29 is 9.53 Å². The van der Waals surface area contributed by atoms with Crippen LogP contribution in [0.4, 0.5) is 0 Å². The van der Waals surface area contributed by atoms with Crippen molar-refractivity contribution in [1.29, 1.82) is 0 Å². The van der Waals surface area contributed by atoms with E-state index in [2.05, 4.69) is 8.91 Å². The minimum absolute atomic E-state index is 0.0578. The van der Waals surface area contributed by atoms with E-state index in [9.17, 15) is 4.79 Å². The van der Waals surface area contributed by atoms with Crippen molar-refractivity contribution in [3.05, 3.63) is 12.3 Å². The standard InChI is InChI=1S/C4H3IO2.CH3.Na/c5-3-1-2-7-4(3)6;;/h1-3H;1H3;. The third-order valence-corrected chi connectivity index (χ3v) is 1.58. The van der Waals surface area contributed by atoms with Gasteiger partial charge in [-0.15, -0.1) is 0 Å². The maximum absolute atomic E-state index is 10.3. The number of halogens is 1. The zero-order valence-corrected chi connectivity index (χ0v) is 9.58. The molecule has 0 aromatic carbocycles. The number of hydrogen-bond acceptors (Lipinski definition) is 2. The van der Waals surface area contributed by atoms with E-state index in [1.54, 1.807) is 6.08 Å². The second-order valence-corrected chi connectivity index (χ2v) is 2.51. The molecule has 0 saturated carbocycles. The molecule has 1 heterocycles. The third kappa shape index (κ3) is 3.60. The predicted octanol–water partition coefficient (Wildman–Crippen LogP) is 1.06. The summed E-state index contributed by atoms with van der Waals surface area (Å²) < 4.78 is 6.52. The van der Waals surface area contributed by atoms with E-state index in [1.807, 2.05) is 22.6 Å². The van der Waals surface area contributed by atoms with Crippen LogP contribution in [0, 0.1) is 0 Å². The van der Waals surface area contributed by atoms with Crippen molar-refractivity contribution in [3.8, 4) is 0 Å². The number of hydrogen-bond donors (Lipinski definition) is 0. The van der Waals surface area contributed by atoms with Crippen LogP contribution in [0.3, 0.4) is 0 Å². The van der Waals surface area contributed by atoms with Gasteiger partial charge in [0.2, 0.25) is 0 Å². The third-order valence-electron chi connectivity index (χ3n) is 0.657. The SMILES string of the molecule is O=C1OC=CC1I.[CH3][Na]. The van der Waals surface area contributed by atoms with Crippen molar-refractivity contribution in [2.75, 3.05) is 0 Å². The van der Waals surface area contributed by atoms with Gasteiger partial charge in [-0.25, -0.2) is 0 Å². The van der Waals surface area contributed by atoms with Crippen LogP contribution in [0.25, 0.3) is 0 Å². The molecule has 0 N–H and O–H groups in total. The molecule has 0 radical (unpaired) electrons. The van der Waals surface area contributed by atoms with Crippen LogP contribution in [0.1, 0.15) is 0 Å². The van der Waals surface area contributed by atoms with Crippen LogP contribution < -0.4 is 0 Å². The molecular weight excluding hydrogens is 242 g/mol. The number of carbonyl (C=O) groups is 1. The van der Waals surface area contributed by atoms with Gasteiger partial charge in [-0.2, -0.15) is 0 Å². The van der Waals surface area contributed by atoms with E-state index in [1.165, 1.54) is 34.2 Å². The topological polar surface area (TPSA) is 26.3 Å². The Hall–Kier alpha value is 0.940. The molecule has 1 rings (SSSR count). The van der Waals surface area contributed by atoms with E-state index in [-0.39, 0.29) is 9.89 Å². The van der Waals surface area contributed by atoms with Crippen LogP contribution in [-0.4, -0.2) is 37.8 Å². The molecule has 46 valence electrons. The van der Waals surface area contributed by atoms with Gasteiger partial charge in [0.15, 0.2) is 0 Å². The molecule has 1 unspecified atom stereocenters. The number of cyclic esters (lactones) is 1. The summed E-state index contributed by atoms with van der Waals surface area (Å²) >= 11 is 3.30. The molecule has 4 heteroatoms. The monoisotopic (exact) mass is 248 g/mol. The van der Waals surface area contributed by atoms with Gasteiger partial charge >= 0.3 is 38.1 Å². The van der Waals surface area contributed by atoms with Crippen LogP contribution in [0.2, 0.25) is 4.17 Å². The fourth-order valence-electron chi connectivity index (χ4n) is 0.319. The van der Waals surface area contributed by atoms with Gasteiger partial charge in [-0.05, 0) is 6.08 Å². The van der Waals surface area contributed by atoms with Crippen LogP contribution in [0.5, 0.6) is 0 Å². The second-order valence-electron chi connectivity index (χ2n) is 1.17. The van der Waals surface area contributed by atoms with Crippen molar-refractivity contribution in [3.63, 3.8) is 0 Å². The summed E-state index contributed by atoms with van der Waals surface area (Å²) in [7, 11) is 0. The second kappa shape index (κ2) is 5.70. The summed E-state index contributed by atoms with van der Waals surface area (Å²) in [4.78, 5) is 10.3. The van der Waals surface area contributed by atoms with Gasteiger partial charge in [0.1, 0.15) is 3.92 Å². The van der Waals surface area contributed by atoms with Crippen LogP contribution in [0.15, 0.2) is 12.3 Å². The van der Waals surface area contributed by atoms with Gasteiger partial charge in [0, 0.05) is 0 Å². The molecule has 1 aliphatic rings. The number of rotatable bonds is 0. The van der Waals surface area contributed by atoms with Gasteiger partial charge in [-0.1, -0.05) is 22.6 Å². The van der Waals surface area contributed by atoms with E-state index in [0.29, 0.717) is 0 Å². The fourth-order valence-corrected chi connectivity index (χ4v) is 0.635. The number of ether oxygens (including phenoxy) is 1. The van der Waals surface area contributed by atoms with Crippen molar-refractivity contribution >= 4 is 56.5 Å². The molecule has 0 amide bonds. The van der Waals surface area contributed by atoms with Crippen molar-refractivity contribution in [2.45, 2.75) is 8.10 Å². The van der Waals surface area contributed by atoms with E-state index >= 15 is 0 Å². The average molecular weight is 248 g/mol.